The van der Waals surface area contributed by atoms with E-state index in [4.69, 9.17) is 5.73 Å². The molecule has 0 radical (unpaired) electrons. The molecule has 88 valence electrons. The predicted molar refractivity (Wildman–Crippen MR) is 64.8 cm³/mol. The van der Waals surface area contributed by atoms with Crippen LogP contribution in [0.3, 0.4) is 0 Å². The Balaban J connectivity index is 1.90. The SMILES string of the molecule is CCC1CCCCC1N1CCC(CN)C1. The Morgan fingerprint density at radius 3 is 2.67 bits per heavy atom. The summed E-state index contributed by atoms with van der Waals surface area (Å²) in [6.45, 7) is 5.83. The van der Waals surface area contributed by atoms with Gasteiger partial charge in [-0.1, -0.05) is 26.2 Å². The summed E-state index contributed by atoms with van der Waals surface area (Å²) in [5, 5.41) is 0. The zero-order chi connectivity index (χ0) is 10.7. The van der Waals surface area contributed by atoms with Crippen LogP contribution < -0.4 is 5.73 Å². The smallest absolute Gasteiger partial charge is 0.0123 e. The molecule has 2 nitrogen and oxygen atoms in total. The minimum atomic E-state index is 0.782. The third-order valence-electron chi connectivity index (χ3n) is 4.51. The highest BCUT2D eigenvalue weighted by Gasteiger charge is 2.33. The van der Waals surface area contributed by atoms with Crippen molar-refractivity contribution in [2.24, 2.45) is 17.6 Å². The highest BCUT2D eigenvalue weighted by Crippen LogP contribution is 2.33. The Bertz CT molecular complexity index is 193. The lowest BCUT2D eigenvalue weighted by Crippen LogP contribution is -2.41. The summed E-state index contributed by atoms with van der Waals surface area (Å²) < 4.78 is 0. The van der Waals surface area contributed by atoms with E-state index in [0.717, 1.165) is 24.4 Å². The summed E-state index contributed by atoms with van der Waals surface area (Å²) in [6, 6.07) is 0.889. The van der Waals surface area contributed by atoms with Gasteiger partial charge in [-0.2, -0.15) is 0 Å². The molecule has 0 aromatic rings. The van der Waals surface area contributed by atoms with Gasteiger partial charge in [0.2, 0.25) is 0 Å². The van der Waals surface area contributed by atoms with Gasteiger partial charge in [-0.05, 0) is 44.2 Å². The minimum Gasteiger partial charge on any atom is -0.330 e. The molecule has 1 aliphatic heterocycles. The Kier molecular flexibility index (Phi) is 4.04. The zero-order valence-electron chi connectivity index (χ0n) is 10.1. The molecule has 2 N–H and O–H groups in total. The first-order chi connectivity index (χ1) is 7.35. The molecule has 0 aromatic carbocycles. The fourth-order valence-electron chi connectivity index (χ4n) is 3.50. The molecular formula is C13H26N2. The Hall–Kier alpha value is -0.0800. The van der Waals surface area contributed by atoms with Crippen LogP contribution in [-0.4, -0.2) is 30.6 Å². The van der Waals surface area contributed by atoms with Crippen LogP contribution in [0.4, 0.5) is 0 Å². The van der Waals surface area contributed by atoms with E-state index in [9.17, 15) is 0 Å². The summed E-state index contributed by atoms with van der Waals surface area (Å²) in [4.78, 5) is 2.74. The van der Waals surface area contributed by atoms with Crippen molar-refractivity contribution in [3.05, 3.63) is 0 Å². The molecule has 2 aliphatic rings. The van der Waals surface area contributed by atoms with Gasteiger partial charge in [-0.3, -0.25) is 4.90 Å². The number of hydrogen-bond acceptors (Lipinski definition) is 2. The maximum Gasteiger partial charge on any atom is 0.0123 e. The topological polar surface area (TPSA) is 29.3 Å². The molecule has 2 heteroatoms. The summed E-state index contributed by atoms with van der Waals surface area (Å²) in [7, 11) is 0. The monoisotopic (exact) mass is 210 g/mol. The molecule has 1 saturated heterocycles. The average molecular weight is 210 g/mol. The zero-order valence-corrected chi connectivity index (χ0v) is 10.1. The summed E-state index contributed by atoms with van der Waals surface area (Å²) in [5.74, 6) is 1.75. The van der Waals surface area contributed by atoms with Crippen LogP contribution in [0.2, 0.25) is 0 Å². The van der Waals surface area contributed by atoms with Crippen molar-refractivity contribution in [1.29, 1.82) is 0 Å². The molecule has 0 spiro atoms. The van der Waals surface area contributed by atoms with Crippen molar-refractivity contribution in [2.45, 2.75) is 51.5 Å². The summed E-state index contributed by atoms with van der Waals surface area (Å²) in [6.07, 6.45) is 8.52. The van der Waals surface area contributed by atoms with Gasteiger partial charge < -0.3 is 5.73 Å². The van der Waals surface area contributed by atoms with Gasteiger partial charge in [0.25, 0.3) is 0 Å². The lowest BCUT2D eigenvalue weighted by Gasteiger charge is -2.37. The minimum absolute atomic E-state index is 0.782. The van der Waals surface area contributed by atoms with E-state index in [1.54, 1.807) is 0 Å². The molecule has 2 rings (SSSR count). The Morgan fingerprint density at radius 2 is 2.00 bits per heavy atom. The van der Waals surface area contributed by atoms with Gasteiger partial charge in [0, 0.05) is 12.6 Å². The molecule has 1 heterocycles. The van der Waals surface area contributed by atoms with Crippen LogP contribution in [0, 0.1) is 11.8 Å². The molecule has 0 aromatic heterocycles. The Labute approximate surface area is 94.2 Å². The molecule has 1 saturated carbocycles. The van der Waals surface area contributed by atoms with E-state index in [-0.39, 0.29) is 0 Å². The molecule has 0 amide bonds. The number of nitrogens with two attached hydrogens (primary N) is 1. The molecule has 3 atom stereocenters. The first-order valence-electron chi connectivity index (χ1n) is 6.79. The van der Waals surface area contributed by atoms with Crippen LogP contribution in [0.25, 0.3) is 0 Å². The second kappa shape index (κ2) is 5.31. The average Bonchev–Trinajstić information content (AvgIpc) is 2.77. The molecule has 15 heavy (non-hydrogen) atoms. The van der Waals surface area contributed by atoms with Crippen molar-refractivity contribution in [2.75, 3.05) is 19.6 Å². The molecule has 0 bridgehead atoms. The van der Waals surface area contributed by atoms with Crippen LogP contribution in [-0.2, 0) is 0 Å². The van der Waals surface area contributed by atoms with E-state index >= 15 is 0 Å². The predicted octanol–water partition coefficient (Wildman–Crippen LogP) is 2.24. The molecular weight excluding hydrogens is 184 g/mol. The highest BCUT2D eigenvalue weighted by atomic mass is 15.2. The van der Waals surface area contributed by atoms with Crippen molar-refractivity contribution >= 4 is 0 Å². The van der Waals surface area contributed by atoms with Crippen LogP contribution >= 0.6 is 0 Å². The van der Waals surface area contributed by atoms with Gasteiger partial charge >= 0.3 is 0 Å². The highest BCUT2D eigenvalue weighted by molar-refractivity contribution is 4.87. The standard InChI is InChI=1S/C13H26N2/c1-2-12-5-3-4-6-13(12)15-8-7-11(9-14)10-15/h11-13H,2-10,14H2,1H3. The quantitative estimate of drug-likeness (QED) is 0.774. The van der Waals surface area contributed by atoms with Crippen molar-refractivity contribution in [3.63, 3.8) is 0 Å². The van der Waals surface area contributed by atoms with E-state index < -0.39 is 0 Å². The van der Waals surface area contributed by atoms with Crippen molar-refractivity contribution < 1.29 is 0 Å². The van der Waals surface area contributed by atoms with Gasteiger partial charge in [0.15, 0.2) is 0 Å². The van der Waals surface area contributed by atoms with Crippen LogP contribution in [0.5, 0.6) is 0 Å². The van der Waals surface area contributed by atoms with Crippen molar-refractivity contribution in [3.8, 4) is 0 Å². The Morgan fingerprint density at radius 1 is 1.20 bits per heavy atom. The third kappa shape index (κ3) is 2.54. The maximum atomic E-state index is 5.77. The van der Waals surface area contributed by atoms with Crippen molar-refractivity contribution in [1.82, 2.24) is 4.90 Å². The molecule has 2 fully saturated rings. The van der Waals surface area contributed by atoms with Crippen LogP contribution in [0.1, 0.15) is 45.4 Å². The maximum absolute atomic E-state index is 5.77. The lowest BCUT2D eigenvalue weighted by atomic mass is 9.82. The van der Waals surface area contributed by atoms with Gasteiger partial charge in [0.1, 0.15) is 0 Å². The van der Waals surface area contributed by atoms with E-state index in [1.807, 2.05) is 0 Å². The van der Waals surface area contributed by atoms with E-state index in [0.29, 0.717) is 0 Å². The lowest BCUT2D eigenvalue weighted by molar-refractivity contribution is 0.122. The van der Waals surface area contributed by atoms with Gasteiger partial charge in [-0.15, -0.1) is 0 Å². The number of nitrogens with zero attached hydrogens (tertiary/aromatic N) is 1. The molecule has 3 unspecified atom stereocenters. The van der Waals surface area contributed by atoms with Gasteiger partial charge in [0.05, 0.1) is 0 Å². The first-order valence-corrected chi connectivity index (χ1v) is 6.79. The van der Waals surface area contributed by atoms with Gasteiger partial charge in [-0.25, -0.2) is 0 Å². The largest absolute Gasteiger partial charge is 0.330 e. The summed E-state index contributed by atoms with van der Waals surface area (Å²) in [5.41, 5.74) is 5.77. The number of rotatable bonds is 3. The summed E-state index contributed by atoms with van der Waals surface area (Å²) >= 11 is 0. The second-order valence-electron chi connectivity index (χ2n) is 5.41. The fraction of sp³-hybridized carbons (Fsp3) is 1.00. The van der Waals surface area contributed by atoms with E-state index in [1.165, 1.54) is 51.6 Å². The third-order valence-corrected chi connectivity index (χ3v) is 4.51. The first kappa shape index (κ1) is 11.4. The second-order valence-corrected chi connectivity index (χ2v) is 5.41. The fourth-order valence-corrected chi connectivity index (χ4v) is 3.50. The number of hydrogen-bond donors (Lipinski definition) is 1. The normalized spacial score (nSPS) is 38.4. The van der Waals surface area contributed by atoms with Crippen LogP contribution in [0.15, 0.2) is 0 Å². The number of likely N-dealkylation sites (tertiary alicyclic amines) is 1. The van der Waals surface area contributed by atoms with E-state index in [2.05, 4.69) is 11.8 Å². The molecule has 1 aliphatic carbocycles.